The van der Waals surface area contributed by atoms with Gasteiger partial charge in [0.1, 0.15) is 23.9 Å². The minimum absolute atomic E-state index is 0.0436. The Morgan fingerprint density at radius 3 is 1.75 bits per heavy atom. The van der Waals surface area contributed by atoms with Crippen molar-refractivity contribution >= 4 is 13.7 Å². The molecule has 0 spiro atoms. The van der Waals surface area contributed by atoms with E-state index in [1.54, 1.807) is 60.7 Å². The Bertz CT molecular complexity index is 1240. The van der Waals surface area contributed by atoms with Crippen LogP contribution in [0.1, 0.15) is 11.1 Å². The summed E-state index contributed by atoms with van der Waals surface area (Å²) < 4.78 is 31.6. The highest BCUT2D eigenvalue weighted by molar-refractivity contribution is 7.55. The molecule has 184 valence electrons. The van der Waals surface area contributed by atoms with Crippen molar-refractivity contribution in [1.29, 1.82) is 0 Å². The standard InChI is InChI=1S/C28H26NO6P/c30-24-18-16-22(17-19-24)20-27(29-28(31)33-21-23-10-4-1-5-11-23)36(32,34-25-12-6-2-7-13-25)35-26-14-8-3-9-15-26/h1-19,27,30H,20-21H2,(H,29,31). The molecule has 36 heavy (non-hydrogen) atoms. The molecular weight excluding hydrogens is 477 g/mol. The maximum Gasteiger partial charge on any atom is 0.453 e. The van der Waals surface area contributed by atoms with Gasteiger partial charge in [0.2, 0.25) is 0 Å². The number of rotatable bonds is 10. The zero-order chi connectivity index (χ0) is 25.2. The summed E-state index contributed by atoms with van der Waals surface area (Å²) in [5.74, 6) is -0.362. The van der Waals surface area contributed by atoms with Gasteiger partial charge in [-0.3, -0.25) is 0 Å². The molecule has 0 bridgehead atoms. The smallest absolute Gasteiger partial charge is 0.453 e. The molecule has 0 heterocycles. The predicted octanol–water partition coefficient (Wildman–Crippen LogP) is 6.54. The maximum absolute atomic E-state index is 14.4. The monoisotopic (exact) mass is 503 g/mol. The number of ether oxygens (including phenoxy) is 1. The lowest BCUT2D eigenvalue weighted by Crippen LogP contribution is -2.39. The first-order valence-corrected chi connectivity index (χ1v) is 13.0. The number of alkyl carbamates (subject to hydrolysis) is 1. The number of benzene rings is 4. The highest BCUT2D eigenvalue weighted by Crippen LogP contribution is 2.53. The quantitative estimate of drug-likeness (QED) is 0.239. The Balaban J connectivity index is 1.62. The van der Waals surface area contributed by atoms with Gasteiger partial charge in [-0.2, -0.15) is 0 Å². The van der Waals surface area contributed by atoms with Crippen LogP contribution in [-0.2, 0) is 22.3 Å². The summed E-state index contributed by atoms with van der Waals surface area (Å²) in [6, 6.07) is 32.9. The molecule has 4 aromatic carbocycles. The Kier molecular flexibility index (Phi) is 8.27. The topological polar surface area (TPSA) is 94.1 Å². The highest BCUT2D eigenvalue weighted by atomic mass is 31.2. The van der Waals surface area contributed by atoms with Gasteiger partial charge in [0, 0.05) is 6.42 Å². The van der Waals surface area contributed by atoms with E-state index in [-0.39, 0.29) is 18.8 Å². The molecule has 0 saturated heterocycles. The van der Waals surface area contributed by atoms with E-state index in [9.17, 15) is 14.5 Å². The number of hydrogen-bond acceptors (Lipinski definition) is 6. The van der Waals surface area contributed by atoms with Crippen LogP contribution in [0.25, 0.3) is 0 Å². The van der Waals surface area contributed by atoms with Gasteiger partial charge in [0.15, 0.2) is 5.78 Å². The summed E-state index contributed by atoms with van der Waals surface area (Å²) in [5, 5.41) is 12.4. The van der Waals surface area contributed by atoms with Crippen LogP contribution < -0.4 is 14.4 Å². The second-order valence-electron chi connectivity index (χ2n) is 7.94. The van der Waals surface area contributed by atoms with Gasteiger partial charge in [-0.1, -0.05) is 78.9 Å². The molecular formula is C28H26NO6P. The number of phenols is 1. The number of carbonyl (C=O) groups is 1. The number of amides is 1. The molecule has 0 aliphatic rings. The third-order valence-corrected chi connectivity index (χ3v) is 7.20. The molecule has 0 aliphatic carbocycles. The van der Waals surface area contributed by atoms with Gasteiger partial charge >= 0.3 is 13.7 Å². The van der Waals surface area contributed by atoms with Gasteiger partial charge < -0.3 is 24.2 Å². The molecule has 2 N–H and O–H groups in total. The van der Waals surface area contributed by atoms with E-state index in [1.807, 2.05) is 42.5 Å². The van der Waals surface area contributed by atoms with Crippen molar-refractivity contribution in [1.82, 2.24) is 5.32 Å². The fourth-order valence-corrected chi connectivity index (χ4v) is 5.22. The Hall–Kier alpha value is -4.22. The normalized spacial score (nSPS) is 11.8. The van der Waals surface area contributed by atoms with Crippen LogP contribution in [0.3, 0.4) is 0 Å². The van der Waals surface area contributed by atoms with E-state index >= 15 is 0 Å². The van der Waals surface area contributed by atoms with Gasteiger partial charge in [-0.05, 0) is 47.5 Å². The first kappa shape index (κ1) is 24.9. The van der Waals surface area contributed by atoms with Crippen molar-refractivity contribution in [3.8, 4) is 17.2 Å². The van der Waals surface area contributed by atoms with Crippen molar-refractivity contribution in [2.45, 2.75) is 18.8 Å². The second-order valence-corrected chi connectivity index (χ2v) is 10.0. The molecule has 0 aliphatic heterocycles. The Labute approximate surface area is 209 Å². The van der Waals surface area contributed by atoms with E-state index in [2.05, 4.69) is 5.32 Å². The lowest BCUT2D eigenvalue weighted by atomic mass is 10.1. The van der Waals surface area contributed by atoms with Gasteiger partial charge in [0.25, 0.3) is 0 Å². The zero-order valence-electron chi connectivity index (χ0n) is 19.4. The fraction of sp³-hybridized carbons (Fsp3) is 0.107. The minimum Gasteiger partial charge on any atom is -0.508 e. The maximum atomic E-state index is 14.4. The van der Waals surface area contributed by atoms with Crippen molar-refractivity contribution in [3.05, 3.63) is 126 Å². The van der Waals surface area contributed by atoms with Gasteiger partial charge in [-0.25, -0.2) is 9.36 Å². The number of nitrogens with one attached hydrogen (secondary N) is 1. The van der Waals surface area contributed by atoms with Crippen LogP contribution in [0.2, 0.25) is 0 Å². The molecule has 4 rings (SSSR count). The third kappa shape index (κ3) is 7.14. The molecule has 7 nitrogen and oxygen atoms in total. The van der Waals surface area contributed by atoms with Crippen LogP contribution in [0.4, 0.5) is 4.79 Å². The van der Waals surface area contributed by atoms with E-state index in [0.717, 1.165) is 5.56 Å². The summed E-state index contributed by atoms with van der Waals surface area (Å²) in [6.45, 7) is 0.0436. The molecule has 8 heteroatoms. The van der Waals surface area contributed by atoms with Gasteiger partial charge in [0.05, 0.1) is 0 Å². The minimum atomic E-state index is -4.07. The highest BCUT2D eigenvalue weighted by Gasteiger charge is 2.41. The summed E-state index contributed by atoms with van der Waals surface area (Å²) in [4.78, 5) is 12.8. The molecule has 4 aromatic rings. The van der Waals surface area contributed by atoms with Crippen LogP contribution in [0.5, 0.6) is 17.2 Å². The van der Waals surface area contributed by atoms with Gasteiger partial charge in [-0.15, -0.1) is 0 Å². The van der Waals surface area contributed by atoms with Crippen LogP contribution in [-0.4, -0.2) is 17.0 Å². The average molecular weight is 503 g/mol. The number of hydrogen-bond donors (Lipinski definition) is 2. The van der Waals surface area contributed by atoms with Crippen molar-refractivity contribution in [2.75, 3.05) is 0 Å². The molecule has 0 saturated carbocycles. The summed E-state index contributed by atoms with van der Waals surface area (Å²) in [7, 11) is -4.07. The van der Waals surface area contributed by atoms with Crippen molar-refractivity contribution in [2.24, 2.45) is 0 Å². The van der Waals surface area contributed by atoms with E-state index in [4.69, 9.17) is 13.8 Å². The van der Waals surface area contributed by atoms with E-state index in [0.29, 0.717) is 17.1 Å². The predicted molar refractivity (Wildman–Crippen MR) is 137 cm³/mol. The summed E-state index contributed by atoms with van der Waals surface area (Å²) >= 11 is 0. The molecule has 1 unspecified atom stereocenters. The lowest BCUT2D eigenvalue weighted by Gasteiger charge is -2.28. The van der Waals surface area contributed by atoms with Crippen molar-refractivity contribution < 1.29 is 28.3 Å². The number of phenolic OH excluding ortho intramolecular Hbond substituents is 1. The van der Waals surface area contributed by atoms with E-state index < -0.39 is 19.5 Å². The Morgan fingerprint density at radius 1 is 0.722 bits per heavy atom. The van der Waals surface area contributed by atoms with Crippen LogP contribution in [0, 0.1) is 0 Å². The molecule has 1 atom stereocenters. The van der Waals surface area contributed by atoms with E-state index in [1.165, 1.54) is 12.1 Å². The van der Waals surface area contributed by atoms with Crippen LogP contribution >= 0.6 is 7.60 Å². The first-order valence-electron chi connectivity index (χ1n) is 11.3. The Morgan fingerprint density at radius 2 is 1.22 bits per heavy atom. The average Bonchev–Trinajstić information content (AvgIpc) is 2.90. The molecule has 0 aromatic heterocycles. The number of carbonyl (C=O) groups excluding carboxylic acids is 1. The molecule has 0 fully saturated rings. The zero-order valence-corrected chi connectivity index (χ0v) is 20.3. The molecule has 0 radical (unpaired) electrons. The second kappa shape index (κ2) is 12.0. The number of para-hydroxylation sites is 2. The summed E-state index contributed by atoms with van der Waals surface area (Å²) in [5.41, 5.74) is 1.52. The largest absolute Gasteiger partial charge is 0.508 e. The van der Waals surface area contributed by atoms with Crippen molar-refractivity contribution in [3.63, 3.8) is 0 Å². The third-order valence-electron chi connectivity index (χ3n) is 5.20. The van der Waals surface area contributed by atoms with Crippen LogP contribution in [0.15, 0.2) is 115 Å². The molecule has 1 amide bonds. The summed E-state index contributed by atoms with van der Waals surface area (Å²) in [6.07, 6.45) is -0.673. The fourth-order valence-electron chi connectivity index (χ4n) is 3.40. The first-order chi connectivity index (χ1) is 17.5. The number of aromatic hydroxyl groups is 1. The SMILES string of the molecule is O=C(NC(Cc1ccc(O)cc1)P(=O)(Oc1ccccc1)Oc1ccccc1)OCc1ccccc1. The lowest BCUT2D eigenvalue weighted by molar-refractivity contribution is 0.137.